The van der Waals surface area contributed by atoms with E-state index < -0.39 is 20.0 Å². The number of phosphoric ester groups is 1. The summed E-state index contributed by atoms with van der Waals surface area (Å²) in [6.45, 7) is 4.86. The number of allylic oxidation sites excluding steroid dienone is 3. The highest BCUT2D eigenvalue weighted by Gasteiger charge is 2.28. The molecule has 0 bridgehead atoms. The van der Waals surface area contributed by atoms with Crippen molar-refractivity contribution >= 4 is 13.7 Å². The van der Waals surface area contributed by atoms with E-state index in [1.807, 2.05) is 27.2 Å². The Kier molecular flexibility index (Phi) is 58.8. The number of hydrogen-bond donors (Lipinski definition) is 3. The Balaban J connectivity index is 4.09. The summed E-state index contributed by atoms with van der Waals surface area (Å²) >= 11 is 0. The number of quaternary nitrogens is 1. The molecular weight excluding hydrogens is 972 g/mol. The highest BCUT2D eigenvalue weighted by atomic mass is 31.2. The molecule has 0 fully saturated rings. The van der Waals surface area contributed by atoms with E-state index in [-0.39, 0.29) is 19.1 Å². The molecule has 3 atom stereocenters. The molecule has 0 aromatic rings. The predicted octanol–water partition coefficient (Wildman–Crippen LogP) is 21.5. The van der Waals surface area contributed by atoms with Crippen molar-refractivity contribution in [1.29, 1.82) is 0 Å². The van der Waals surface area contributed by atoms with Crippen LogP contribution in [-0.2, 0) is 18.4 Å². The third kappa shape index (κ3) is 62.4. The number of rotatable bonds is 64. The van der Waals surface area contributed by atoms with Gasteiger partial charge < -0.3 is 19.8 Å². The van der Waals surface area contributed by atoms with Crippen LogP contribution in [0.1, 0.15) is 354 Å². The van der Waals surface area contributed by atoms with Crippen molar-refractivity contribution in [2.45, 2.75) is 366 Å². The van der Waals surface area contributed by atoms with Crippen LogP contribution in [0.2, 0.25) is 0 Å². The van der Waals surface area contributed by atoms with Crippen molar-refractivity contribution in [2.75, 3.05) is 40.9 Å². The molecule has 0 radical (unpaired) electrons. The zero-order chi connectivity index (χ0) is 56.3. The maximum Gasteiger partial charge on any atom is 0.472 e. The molecule has 0 spiro atoms. The second kappa shape index (κ2) is 59.6. The Morgan fingerprint density at radius 2 is 0.714 bits per heavy atom. The van der Waals surface area contributed by atoms with Crippen LogP contribution in [-0.4, -0.2) is 73.4 Å². The summed E-state index contributed by atoms with van der Waals surface area (Å²) < 4.78 is 23.8. The van der Waals surface area contributed by atoms with Crippen LogP contribution in [0.4, 0.5) is 0 Å². The summed E-state index contributed by atoms with van der Waals surface area (Å²) in [5.74, 6) is -0.178. The third-order valence-corrected chi connectivity index (χ3v) is 16.9. The average Bonchev–Trinajstić information content (AvgIpc) is 3.39. The molecule has 1 amide bonds. The smallest absolute Gasteiger partial charge is 0.387 e. The van der Waals surface area contributed by atoms with Crippen molar-refractivity contribution < 1.29 is 32.9 Å². The van der Waals surface area contributed by atoms with Gasteiger partial charge >= 0.3 is 7.82 Å². The Bertz CT molecular complexity index is 1300. The number of unbranched alkanes of at least 4 members (excludes halogenated alkanes) is 49. The lowest BCUT2D eigenvalue weighted by Crippen LogP contribution is -2.45. The van der Waals surface area contributed by atoms with Crippen LogP contribution < -0.4 is 5.32 Å². The fraction of sp³-hybridized carbons (Fsp3) is 0.926. The van der Waals surface area contributed by atoms with E-state index in [2.05, 4.69) is 31.3 Å². The van der Waals surface area contributed by atoms with E-state index in [1.54, 1.807) is 6.08 Å². The van der Waals surface area contributed by atoms with E-state index in [9.17, 15) is 19.4 Å². The van der Waals surface area contributed by atoms with Gasteiger partial charge in [-0.25, -0.2) is 4.57 Å². The van der Waals surface area contributed by atoms with Crippen molar-refractivity contribution in [3.05, 3.63) is 24.3 Å². The van der Waals surface area contributed by atoms with Crippen molar-refractivity contribution in [1.82, 2.24) is 5.32 Å². The predicted molar refractivity (Wildman–Crippen MR) is 337 cm³/mol. The molecular formula is C68H136N2O6P+. The zero-order valence-electron chi connectivity index (χ0n) is 52.5. The summed E-state index contributed by atoms with van der Waals surface area (Å²) in [5, 5.41) is 14.0. The van der Waals surface area contributed by atoms with Crippen LogP contribution in [0.5, 0.6) is 0 Å². The lowest BCUT2D eigenvalue weighted by Gasteiger charge is -2.25. The normalized spacial score (nSPS) is 13.8. The van der Waals surface area contributed by atoms with Gasteiger partial charge in [-0.3, -0.25) is 13.8 Å². The molecule has 3 N–H and O–H groups in total. The number of likely N-dealkylation sites (N-methyl/N-ethyl adjacent to an activating group) is 1. The van der Waals surface area contributed by atoms with Crippen LogP contribution in [0.3, 0.4) is 0 Å². The summed E-state index contributed by atoms with van der Waals surface area (Å²) in [4.78, 5) is 23.4. The minimum Gasteiger partial charge on any atom is -0.387 e. The number of hydrogen-bond acceptors (Lipinski definition) is 5. The Labute approximate surface area is 481 Å². The van der Waals surface area contributed by atoms with Gasteiger partial charge in [0.25, 0.3) is 0 Å². The summed E-state index contributed by atoms with van der Waals surface area (Å²) in [6.07, 6.45) is 77.6. The maximum atomic E-state index is 13.0. The van der Waals surface area contributed by atoms with E-state index in [4.69, 9.17) is 9.05 Å². The fourth-order valence-corrected chi connectivity index (χ4v) is 11.3. The monoisotopic (exact) mass is 1110 g/mol. The largest absolute Gasteiger partial charge is 0.472 e. The summed E-state index contributed by atoms with van der Waals surface area (Å²) in [7, 11) is 1.57. The van der Waals surface area contributed by atoms with Gasteiger partial charge in [-0.1, -0.05) is 340 Å². The Morgan fingerprint density at radius 3 is 1.04 bits per heavy atom. The van der Waals surface area contributed by atoms with Crippen LogP contribution in [0.25, 0.3) is 0 Å². The number of nitrogens with zero attached hydrogens (tertiary/aromatic N) is 1. The molecule has 458 valence electrons. The minimum atomic E-state index is -4.36. The first-order valence-corrected chi connectivity index (χ1v) is 35.7. The third-order valence-electron chi connectivity index (χ3n) is 15.9. The molecule has 0 saturated heterocycles. The number of phosphoric acid groups is 1. The highest BCUT2D eigenvalue weighted by molar-refractivity contribution is 7.47. The first kappa shape index (κ1) is 76.0. The lowest BCUT2D eigenvalue weighted by molar-refractivity contribution is -0.870. The molecule has 8 nitrogen and oxygen atoms in total. The van der Waals surface area contributed by atoms with E-state index in [0.29, 0.717) is 17.4 Å². The molecule has 0 aromatic carbocycles. The number of amides is 1. The molecule has 77 heavy (non-hydrogen) atoms. The highest BCUT2D eigenvalue weighted by Crippen LogP contribution is 2.43. The Morgan fingerprint density at radius 1 is 0.429 bits per heavy atom. The second-order valence-electron chi connectivity index (χ2n) is 24.9. The van der Waals surface area contributed by atoms with Crippen LogP contribution in [0, 0.1) is 0 Å². The molecule has 0 heterocycles. The van der Waals surface area contributed by atoms with Gasteiger partial charge in [-0.2, -0.15) is 0 Å². The number of aliphatic hydroxyl groups excluding tert-OH is 1. The van der Waals surface area contributed by atoms with Crippen LogP contribution >= 0.6 is 7.82 Å². The molecule has 0 aliphatic heterocycles. The summed E-state index contributed by atoms with van der Waals surface area (Å²) in [5.41, 5.74) is 0. The molecule has 0 aromatic heterocycles. The molecule has 3 unspecified atom stereocenters. The first-order chi connectivity index (χ1) is 37.5. The van der Waals surface area contributed by atoms with Gasteiger partial charge in [-0.15, -0.1) is 0 Å². The minimum absolute atomic E-state index is 0.0591. The Hall–Kier alpha value is -1.02. The number of aliphatic hydroxyl groups is 1. The maximum absolute atomic E-state index is 13.0. The molecule has 0 aliphatic rings. The van der Waals surface area contributed by atoms with Gasteiger partial charge in [0.2, 0.25) is 5.91 Å². The summed E-state index contributed by atoms with van der Waals surface area (Å²) in [6, 6.07) is -0.861. The van der Waals surface area contributed by atoms with Gasteiger partial charge in [0, 0.05) is 6.42 Å². The van der Waals surface area contributed by atoms with E-state index in [0.717, 1.165) is 38.5 Å². The SMILES string of the molecule is CCCCCCCCCCCCCCCCCCCCCCCCC/C=C/CC/C=C/C(O)C(COP(=O)(O)OCC[N+](C)(C)C)NC(=O)CCCCCCCCCCCCCCCCCCCCCCCCCCCC. The molecule has 0 saturated carbocycles. The number of carbonyl (C=O) groups is 1. The van der Waals surface area contributed by atoms with Crippen LogP contribution in [0.15, 0.2) is 24.3 Å². The molecule has 0 aliphatic carbocycles. The number of nitrogens with one attached hydrogen (secondary N) is 1. The van der Waals surface area contributed by atoms with E-state index >= 15 is 0 Å². The molecule has 0 rings (SSSR count). The second-order valence-corrected chi connectivity index (χ2v) is 26.4. The van der Waals surface area contributed by atoms with Crippen molar-refractivity contribution in [3.8, 4) is 0 Å². The topological polar surface area (TPSA) is 105 Å². The zero-order valence-corrected chi connectivity index (χ0v) is 53.4. The average molecular weight is 1110 g/mol. The van der Waals surface area contributed by atoms with Gasteiger partial charge in [0.05, 0.1) is 39.9 Å². The quantitative estimate of drug-likeness (QED) is 0.0243. The fourth-order valence-electron chi connectivity index (χ4n) is 10.6. The van der Waals surface area contributed by atoms with Crippen molar-refractivity contribution in [3.63, 3.8) is 0 Å². The first-order valence-electron chi connectivity index (χ1n) is 34.2. The van der Waals surface area contributed by atoms with Crippen molar-refractivity contribution in [2.24, 2.45) is 0 Å². The van der Waals surface area contributed by atoms with E-state index in [1.165, 1.54) is 295 Å². The molecule has 9 heteroatoms. The van der Waals surface area contributed by atoms with Gasteiger partial charge in [0.1, 0.15) is 13.2 Å². The van der Waals surface area contributed by atoms with Gasteiger partial charge in [-0.05, 0) is 32.1 Å². The lowest BCUT2D eigenvalue weighted by atomic mass is 10.0. The van der Waals surface area contributed by atoms with Gasteiger partial charge in [0.15, 0.2) is 0 Å². The standard InChI is InChI=1S/C68H135N2O6P/c1-6-8-10-12-14-16-18-20-22-24-26-28-30-32-34-35-36-37-39-41-43-45-47-49-51-53-55-57-59-61-67(71)66(65-76-77(73,74)75-64-63-70(3,4)5)69-68(72)62-60-58-56-54-52-50-48-46-44-42-40-38-33-31-29-27-25-23-21-19-17-15-13-11-9-7-2/h51,53,59,61,66-67,71H,6-50,52,54-58,60,62-65H2,1-5H3,(H-,69,72,73,74)/p+1/b53-51+,61-59+. The number of carbonyl (C=O) groups excluding carboxylic acids is 1.